The van der Waals surface area contributed by atoms with E-state index in [0.717, 1.165) is 37.8 Å². The van der Waals surface area contributed by atoms with Gasteiger partial charge in [0.2, 0.25) is 0 Å². The van der Waals surface area contributed by atoms with Crippen LogP contribution in [0.15, 0.2) is 18.2 Å². The number of aliphatic hydroxyl groups excluding tert-OH is 1. The Kier molecular flexibility index (Phi) is 5.63. The minimum Gasteiger partial charge on any atom is -0.405 e. The van der Waals surface area contributed by atoms with Crippen LogP contribution in [0.5, 0.6) is 5.75 Å². The molecule has 0 radical (unpaired) electrons. The van der Waals surface area contributed by atoms with Crippen molar-refractivity contribution in [2.45, 2.75) is 44.6 Å². The maximum absolute atomic E-state index is 13.1. The molecule has 0 spiro atoms. The molecule has 124 valence electrons. The van der Waals surface area contributed by atoms with Gasteiger partial charge in [-0.2, -0.15) is 0 Å². The van der Waals surface area contributed by atoms with Crippen molar-refractivity contribution in [1.82, 2.24) is 5.32 Å². The highest BCUT2D eigenvalue weighted by atomic mass is 19.4. The molecule has 0 heterocycles. The molecule has 0 amide bonds. The van der Waals surface area contributed by atoms with Gasteiger partial charge in [-0.1, -0.05) is 6.07 Å². The summed E-state index contributed by atoms with van der Waals surface area (Å²) in [5.41, 5.74) is 0.267. The topological polar surface area (TPSA) is 41.5 Å². The number of alkyl halides is 3. The summed E-state index contributed by atoms with van der Waals surface area (Å²) in [5, 5.41) is 12.3. The zero-order chi connectivity index (χ0) is 16.2. The van der Waals surface area contributed by atoms with E-state index in [1.54, 1.807) is 0 Å². The Morgan fingerprint density at radius 1 is 1.18 bits per heavy atom. The Labute approximate surface area is 126 Å². The first kappa shape index (κ1) is 17.0. The Bertz CT molecular complexity index is 485. The SMILES string of the molecule is OCC1CCC(NCc2ccc(F)cc2OC(F)(F)F)CC1. The van der Waals surface area contributed by atoms with Gasteiger partial charge < -0.3 is 15.2 Å². The minimum absolute atomic E-state index is 0.175. The molecule has 22 heavy (non-hydrogen) atoms. The van der Waals surface area contributed by atoms with Crippen molar-refractivity contribution in [3.8, 4) is 5.75 Å². The molecule has 1 aromatic rings. The molecule has 0 bridgehead atoms. The average Bonchev–Trinajstić information content (AvgIpc) is 2.45. The first-order chi connectivity index (χ1) is 10.4. The molecular formula is C15H19F4NO2. The number of halogens is 4. The van der Waals surface area contributed by atoms with Gasteiger partial charge in [0.25, 0.3) is 0 Å². The fraction of sp³-hybridized carbons (Fsp3) is 0.600. The number of rotatable bonds is 5. The van der Waals surface area contributed by atoms with Crippen LogP contribution in [0.4, 0.5) is 17.6 Å². The van der Waals surface area contributed by atoms with Crippen LogP contribution in [0.3, 0.4) is 0 Å². The average molecular weight is 321 g/mol. The van der Waals surface area contributed by atoms with Crippen LogP contribution < -0.4 is 10.1 Å². The van der Waals surface area contributed by atoms with Crippen molar-refractivity contribution in [2.75, 3.05) is 6.61 Å². The minimum atomic E-state index is -4.85. The van der Waals surface area contributed by atoms with Crippen LogP contribution in [0.25, 0.3) is 0 Å². The van der Waals surface area contributed by atoms with Crippen LogP contribution in [-0.4, -0.2) is 24.1 Å². The third-order valence-corrected chi connectivity index (χ3v) is 3.94. The van der Waals surface area contributed by atoms with Crippen molar-refractivity contribution < 1.29 is 27.4 Å². The molecule has 0 saturated heterocycles. The third-order valence-electron chi connectivity index (χ3n) is 3.94. The molecule has 0 aliphatic heterocycles. The third kappa shape index (κ3) is 5.14. The zero-order valence-corrected chi connectivity index (χ0v) is 12.0. The Morgan fingerprint density at radius 2 is 1.86 bits per heavy atom. The summed E-state index contributed by atoms with van der Waals surface area (Å²) in [6, 6.07) is 3.34. The predicted octanol–water partition coefficient (Wildman–Crippen LogP) is 3.37. The highest BCUT2D eigenvalue weighted by molar-refractivity contribution is 5.34. The van der Waals surface area contributed by atoms with Crippen LogP contribution >= 0.6 is 0 Å². The lowest BCUT2D eigenvalue weighted by Gasteiger charge is -2.28. The van der Waals surface area contributed by atoms with Crippen LogP contribution in [0.2, 0.25) is 0 Å². The zero-order valence-electron chi connectivity index (χ0n) is 12.0. The second-order valence-electron chi connectivity index (χ2n) is 5.58. The lowest BCUT2D eigenvalue weighted by molar-refractivity contribution is -0.275. The number of hydrogen-bond donors (Lipinski definition) is 2. The highest BCUT2D eigenvalue weighted by Crippen LogP contribution is 2.28. The molecule has 1 aliphatic rings. The summed E-state index contributed by atoms with van der Waals surface area (Å²) in [6.07, 6.45) is -1.33. The molecule has 0 unspecified atom stereocenters. The van der Waals surface area contributed by atoms with Gasteiger partial charge in [-0.25, -0.2) is 4.39 Å². The molecule has 7 heteroatoms. The fourth-order valence-corrected chi connectivity index (χ4v) is 2.70. The Hall–Kier alpha value is -1.34. The molecule has 2 rings (SSSR count). The van der Waals surface area contributed by atoms with Crippen molar-refractivity contribution in [3.05, 3.63) is 29.6 Å². The van der Waals surface area contributed by atoms with Crippen molar-refractivity contribution in [1.29, 1.82) is 0 Å². The van der Waals surface area contributed by atoms with Crippen molar-refractivity contribution >= 4 is 0 Å². The summed E-state index contributed by atoms with van der Waals surface area (Å²) in [7, 11) is 0. The first-order valence-electron chi connectivity index (χ1n) is 7.26. The molecule has 1 saturated carbocycles. The molecule has 2 N–H and O–H groups in total. The second-order valence-corrected chi connectivity index (χ2v) is 5.58. The van der Waals surface area contributed by atoms with Gasteiger partial charge in [-0.05, 0) is 37.7 Å². The fourth-order valence-electron chi connectivity index (χ4n) is 2.70. The van der Waals surface area contributed by atoms with E-state index in [0.29, 0.717) is 5.92 Å². The maximum atomic E-state index is 13.1. The quantitative estimate of drug-likeness (QED) is 0.817. The second kappa shape index (κ2) is 7.28. The predicted molar refractivity (Wildman–Crippen MR) is 72.8 cm³/mol. The normalized spacial score (nSPS) is 22.6. The number of hydrogen-bond acceptors (Lipinski definition) is 3. The van der Waals surface area contributed by atoms with E-state index in [-0.39, 0.29) is 24.8 Å². The molecule has 0 atom stereocenters. The van der Waals surface area contributed by atoms with Gasteiger partial charge in [0.15, 0.2) is 0 Å². The lowest BCUT2D eigenvalue weighted by Crippen LogP contribution is -2.33. The molecule has 3 nitrogen and oxygen atoms in total. The molecule has 0 aromatic heterocycles. The summed E-state index contributed by atoms with van der Waals surface area (Å²) in [4.78, 5) is 0. The Balaban J connectivity index is 1.95. The van der Waals surface area contributed by atoms with Gasteiger partial charge >= 0.3 is 6.36 Å². The molecule has 1 aliphatic carbocycles. The van der Waals surface area contributed by atoms with Crippen LogP contribution in [0.1, 0.15) is 31.2 Å². The molecule has 1 aromatic carbocycles. The number of aliphatic hydroxyl groups is 1. The standard InChI is InChI=1S/C15H19F4NO2/c16-12-4-3-11(14(7-12)22-15(17,18)19)8-20-13-5-1-10(9-21)2-6-13/h3-4,7,10,13,20-21H,1-2,5-6,8-9H2. The largest absolute Gasteiger partial charge is 0.573 e. The summed E-state index contributed by atoms with van der Waals surface area (Å²) >= 11 is 0. The summed E-state index contributed by atoms with van der Waals surface area (Å²) in [6.45, 7) is 0.356. The number of nitrogens with one attached hydrogen (secondary N) is 1. The van der Waals surface area contributed by atoms with E-state index in [4.69, 9.17) is 5.11 Å². The van der Waals surface area contributed by atoms with E-state index in [1.807, 2.05) is 0 Å². The van der Waals surface area contributed by atoms with Gasteiger partial charge in [-0.3, -0.25) is 0 Å². The number of benzene rings is 1. The van der Waals surface area contributed by atoms with Crippen LogP contribution in [-0.2, 0) is 6.54 Å². The summed E-state index contributed by atoms with van der Waals surface area (Å²) < 4.78 is 54.0. The van der Waals surface area contributed by atoms with E-state index >= 15 is 0 Å². The first-order valence-corrected chi connectivity index (χ1v) is 7.26. The van der Waals surface area contributed by atoms with Gasteiger partial charge in [0, 0.05) is 30.8 Å². The molecule has 1 fully saturated rings. The van der Waals surface area contributed by atoms with E-state index in [9.17, 15) is 17.6 Å². The summed E-state index contributed by atoms with van der Waals surface area (Å²) in [5.74, 6) is -0.969. The van der Waals surface area contributed by atoms with Crippen molar-refractivity contribution in [2.24, 2.45) is 5.92 Å². The van der Waals surface area contributed by atoms with E-state index in [1.165, 1.54) is 6.07 Å². The van der Waals surface area contributed by atoms with Crippen molar-refractivity contribution in [3.63, 3.8) is 0 Å². The lowest BCUT2D eigenvalue weighted by atomic mass is 9.86. The van der Waals surface area contributed by atoms with E-state index in [2.05, 4.69) is 10.1 Å². The van der Waals surface area contributed by atoms with Crippen LogP contribution in [0, 0.1) is 11.7 Å². The Morgan fingerprint density at radius 3 is 2.45 bits per heavy atom. The molecular weight excluding hydrogens is 302 g/mol. The van der Waals surface area contributed by atoms with E-state index < -0.39 is 17.9 Å². The monoisotopic (exact) mass is 321 g/mol. The van der Waals surface area contributed by atoms with Gasteiger partial charge in [-0.15, -0.1) is 13.2 Å². The number of ether oxygens (including phenoxy) is 1. The smallest absolute Gasteiger partial charge is 0.405 e. The van der Waals surface area contributed by atoms with Gasteiger partial charge in [0.05, 0.1) is 0 Å². The highest BCUT2D eigenvalue weighted by Gasteiger charge is 2.32. The maximum Gasteiger partial charge on any atom is 0.573 e. The van der Waals surface area contributed by atoms with Gasteiger partial charge in [0.1, 0.15) is 11.6 Å².